The molecular weight excluding hydrogens is 430 g/mol. The van der Waals surface area contributed by atoms with Crippen LogP contribution in [0.2, 0.25) is 5.02 Å². The molecule has 4 N–H and O–H groups in total. The molecule has 3 rings (SSSR count). The summed E-state index contributed by atoms with van der Waals surface area (Å²) in [4.78, 5) is 12.8. The summed E-state index contributed by atoms with van der Waals surface area (Å²) >= 11 is 8.12. The summed E-state index contributed by atoms with van der Waals surface area (Å²) in [5, 5.41) is 13.2. The van der Waals surface area contributed by atoms with E-state index in [0.29, 0.717) is 17.3 Å². The number of nitrogens with two attached hydrogens (primary N) is 1. The van der Waals surface area contributed by atoms with Crippen molar-refractivity contribution in [2.24, 2.45) is 0 Å². The van der Waals surface area contributed by atoms with Crippen LogP contribution in [0.5, 0.6) is 0 Å². The lowest BCUT2D eigenvalue weighted by molar-refractivity contribution is -0.137. The van der Waals surface area contributed by atoms with Gasteiger partial charge in [-0.2, -0.15) is 0 Å². The molecule has 3 aromatic rings. The highest BCUT2D eigenvalue weighted by molar-refractivity contribution is 7.97. The Hall–Kier alpha value is -2.67. The first-order valence-corrected chi connectivity index (χ1v) is 11.0. The maximum Gasteiger partial charge on any atom is 0.304 e. The molecule has 0 amide bonds. The molecule has 31 heavy (non-hydrogen) atoms. The molecule has 0 bridgehead atoms. The summed E-state index contributed by atoms with van der Waals surface area (Å²) in [6.07, 6.45) is -0.0337. The van der Waals surface area contributed by atoms with Crippen LogP contribution >= 0.6 is 23.5 Å². The predicted octanol–water partition coefficient (Wildman–Crippen LogP) is 5.71. The number of aliphatic carboxylic acids is 1. The van der Waals surface area contributed by atoms with Gasteiger partial charge in [-0.05, 0) is 66.0 Å². The quantitative estimate of drug-likeness (QED) is 0.283. The molecule has 5 nitrogen and oxygen atoms in total. The second-order valence-electron chi connectivity index (χ2n) is 7.29. The fraction of sp³-hybridized carbons (Fsp3) is 0.208. The molecule has 3 aromatic carbocycles. The minimum Gasteiger partial charge on any atom is -0.481 e. The van der Waals surface area contributed by atoms with Gasteiger partial charge < -0.3 is 16.2 Å². The van der Waals surface area contributed by atoms with Gasteiger partial charge >= 0.3 is 5.97 Å². The fourth-order valence-corrected chi connectivity index (χ4v) is 4.51. The Labute approximate surface area is 192 Å². The Morgan fingerprint density at radius 2 is 1.81 bits per heavy atom. The van der Waals surface area contributed by atoms with E-state index >= 15 is 0 Å². The van der Waals surface area contributed by atoms with Crippen molar-refractivity contribution in [3.05, 3.63) is 88.4 Å². The lowest BCUT2D eigenvalue weighted by atomic mass is 9.87. The van der Waals surface area contributed by atoms with Crippen LogP contribution in [0.1, 0.15) is 29.0 Å². The molecule has 0 spiro atoms. The maximum atomic E-state index is 11.6. The minimum atomic E-state index is -0.866. The Balaban J connectivity index is 1.88. The number of anilines is 2. The van der Waals surface area contributed by atoms with Crippen molar-refractivity contribution in [1.82, 2.24) is 4.31 Å². The maximum absolute atomic E-state index is 11.6. The van der Waals surface area contributed by atoms with E-state index in [1.807, 2.05) is 61.6 Å². The summed E-state index contributed by atoms with van der Waals surface area (Å²) < 4.78 is 2.10. The summed E-state index contributed by atoms with van der Waals surface area (Å²) in [7, 11) is 3.81. The van der Waals surface area contributed by atoms with E-state index in [-0.39, 0.29) is 12.3 Å². The summed E-state index contributed by atoms with van der Waals surface area (Å²) in [6.45, 7) is 0.618. The average Bonchev–Trinajstić information content (AvgIpc) is 2.74. The summed E-state index contributed by atoms with van der Waals surface area (Å²) in [5.41, 5.74) is 10.2. The lowest BCUT2D eigenvalue weighted by Crippen LogP contribution is -2.12. The van der Waals surface area contributed by atoms with E-state index in [0.717, 1.165) is 27.3 Å². The van der Waals surface area contributed by atoms with Gasteiger partial charge in [0.15, 0.2) is 0 Å². The first kappa shape index (κ1) is 23.0. The number of rotatable bonds is 9. The number of carbonyl (C=O) groups is 1. The van der Waals surface area contributed by atoms with Gasteiger partial charge in [-0.15, -0.1) is 0 Å². The van der Waals surface area contributed by atoms with E-state index in [2.05, 4.69) is 21.8 Å². The topological polar surface area (TPSA) is 78.6 Å². The fourth-order valence-electron chi connectivity index (χ4n) is 3.49. The second-order valence-corrected chi connectivity index (χ2v) is 8.97. The molecule has 0 heterocycles. The van der Waals surface area contributed by atoms with Crippen molar-refractivity contribution in [2.45, 2.75) is 23.8 Å². The molecule has 0 unspecified atom stereocenters. The number of halogens is 1. The van der Waals surface area contributed by atoms with Gasteiger partial charge in [-0.1, -0.05) is 48.0 Å². The van der Waals surface area contributed by atoms with Gasteiger partial charge in [0, 0.05) is 29.4 Å². The normalized spacial score (nSPS) is 12.0. The first-order valence-electron chi connectivity index (χ1n) is 9.88. The van der Waals surface area contributed by atoms with Crippen LogP contribution < -0.4 is 11.1 Å². The minimum absolute atomic E-state index is 0.0337. The highest BCUT2D eigenvalue weighted by atomic mass is 35.5. The van der Waals surface area contributed by atoms with Gasteiger partial charge in [-0.25, -0.2) is 4.31 Å². The van der Waals surface area contributed by atoms with Crippen LogP contribution in [0, 0.1) is 0 Å². The third-order valence-corrected chi connectivity index (χ3v) is 6.29. The number of hydrogen-bond donors (Lipinski definition) is 3. The van der Waals surface area contributed by atoms with E-state index in [1.165, 1.54) is 0 Å². The van der Waals surface area contributed by atoms with E-state index < -0.39 is 5.97 Å². The second kappa shape index (κ2) is 10.6. The zero-order valence-electron chi connectivity index (χ0n) is 17.5. The smallest absolute Gasteiger partial charge is 0.304 e. The standard InChI is InChI=1S/C24H26ClN3O2S/c1-27-23-11-9-17(13-22(23)26)20(14-24(29)30)16-8-10-21(25)18(12-16)15-28(2)31-19-6-4-3-5-7-19/h3-13,20,27H,14-15,26H2,1-2H3,(H,29,30)/t20-/m1/s1. The molecule has 0 aliphatic carbocycles. The lowest BCUT2D eigenvalue weighted by Gasteiger charge is -2.21. The van der Waals surface area contributed by atoms with Crippen LogP contribution in [0.15, 0.2) is 71.6 Å². The van der Waals surface area contributed by atoms with Gasteiger partial charge in [0.2, 0.25) is 0 Å². The van der Waals surface area contributed by atoms with Gasteiger partial charge in [0.25, 0.3) is 0 Å². The molecule has 0 saturated carbocycles. The van der Waals surface area contributed by atoms with Crippen LogP contribution in [0.25, 0.3) is 0 Å². The SMILES string of the molecule is CNc1ccc([C@H](CC(=O)O)c2ccc(Cl)c(CN(C)Sc3ccccc3)c2)cc1N. The number of benzene rings is 3. The third kappa shape index (κ3) is 6.17. The number of nitrogens with one attached hydrogen (secondary N) is 1. The Kier molecular flexibility index (Phi) is 7.85. The molecule has 7 heteroatoms. The molecule has 0 radical (unpaired) electrons. The number of carboxylic acid groups (broad SMARTS) is 1. The monoisotopic (exact) mass is 455 g/mol. The van der Waals surface area contributed by atoms with Crippen molar-refractivity contribution in [3.63, 3.8) is 0 Å². The summed E-state index contributed by atoms with van der Waals surface area (Å²) in [6, 6.07) is 21.5. The molecular formula is C24H26ClN3O2S. The number of hydrogen-bond acceptors (Lipinski definition) is 5. The molecule has 0 fully saturated rings. The van der Waals surface area contributed by atoms with Gasteiger partial charge in [-0.3, -0.25) is 4.79 Å². The molecule has 0 aromatic heterocycles. The van der Waals surface area contributed by atoms with Crippen LogP contribution in [0.4, 0.5) is 11.4 Å². The Morgan fingerprint density at radius 3 is 2.45 bits per heavy atom. The number of nitrogens with zero attached hydrogens (tertiary/aromatic N) is 1. The average molecular weight is 456 g/mol. The molecule has 0 aliphatic rings. The van der Waals surface area contributed by atoms with E-state index in [4.69, 9.17) is 17.3 Å². The zero-order chi connectivity index (χ0) is 22.4. The van der Waals surface area contributed by atoms with Crippen LogP contribution in [-0.2, 0) is 11.3 Å². The predicted molar refractivity (Wildman–Crippen MR) is 130 cm³/mol. The zero-order valence-corrected chi connectivity index (χ0v) is 19.1. The van der Waals surface area contributed by atoms with Crippen LogP contribution in [0.3, 0.4) is 0 Å². The van der Waals surface area contributed by atoms with Crippen molar-refractivity contribution >= 4 is 40.9 Å². The van der Waals surface area contributed by atoms with Crippen molar-refractivity contribution in [2.75, 3.05) is 25.1 Å². The van der Waals surface area contributed by atoms with E-state index in [9.17, 15) is 9.90 Å². The van der Waals surface area contributed by atoms with Crippen molar-refractivity contribution in [3.8, 4) is 0 Å². The highest BCUT2D eigenvalue weighted by Crippen LogP contribution is 2.34. The van der Waals surface area contributed by atoms with Gasteiger partial charge in [0.1, 0.15) is 0 Å². The number of nitrogen functional groups attached to an aromatic ring is 1. The Bertz CT molecular complexity index is 1050. The summed E-state index contributed by atoms with van der Waals surface area (Å²) in [5.74, 6) is -1.19. The third-order valence-electron chi connectivity index (χ3n) is 5.00. The molecule has 162 valence electrons. The van der Waals surface area contributed by atoms with E-state index in [1.54, 1.807) is 19.0 Å². The number of carboxylic acids is 1. The van der Waals surface area contributed by atoms with Crippen molar-refractivity contribution in [1.29, 1.82) is 0 Å². The van der Waals surface area contributed by atoms with Crippen LogP contribution in [-0.4, -0.2) is 29.5 Å². The highest BCUT2D eigenvalue weighted by Gasteiger charge is 2.20. The van der Waals surface area contributed by atoms with Gasteiger partial charge in [0.05, 0.1) is 17.8 Å². The first-order chi connectivity index (χ1) is 14.9. The Morgan fingerprint density at radius 1 is 1.13 bits per heavy atom. The largest absolute Gasteiger partial charge is 0.481 e. The molecule has 1 atom stereocenters. The molecule has 0 aliphatic heterocycles. The molecule has 0 saturated heterocycles. The van der Waals surface area contributed by atoms with Crippen molar-refractivity contribution < 1.29 is 9.90 Å².